The third kappa shape index (κ3) is 5.79. The molecular formula is C34H38N4O6. The Kier molecular flexibility index (Phi) is 8.80. The highest BCUT2D eigenvalue weighted by atomic mass is 16.5. The summed E-state index contributed by atoms with van der Waals surface area (Å²) in [7, 11) is 4.67. The molecule has 3 aromatic carbocycles. The number of aromatic nitrogens is 1. The van der Waals surface area contributed by atoms with E-state index in [4.69, 9.17) is 14.2 Å². The fourth-order valence-corrected chi connectivity index (χ4v) is 5.93. The van der Waals surface area contributed by atoms with E-state index in [1.54, 1.807) is 33.5 Å². The molecular weight excluding hydrogens is 560 g/mol. The minimum absolute atomic E-state index is 0.146. The molecule has 10 heteroatoms. The standard InChI is InChI=1S/C34H38N4O6/c1-18(2)31(34(41)38-25-9-7-8-24-22(25)14-15-35-24)37-27-13-11-21-23(17-28(27)40)26(36-19(3)39)12-10-20-16-29(42-4)32(43-5)33(44-6)30(20)21/h7-9,11,13-18,26,31,35H,10,12H2,1-6H3,(H,36,39)(H,37,40)(H,38,41)/t26-,31-/m0/s1. The van der Waals surface area contributed by atoms with Crippen molar-refractivity contribution < 1.29 is 23.8 Å². The van der Waals surface area contributed by atoms with Gasteiger partial charge in [-0.15, -0.1) is 0 Å². The van der Waals surface area contributed by atoms with E-state index in [1.165, 1.54) is 6.92 Å². The van der Waals surface area contributed by atoms with Crippen molar-refractivity contribution >= 4 is 34.1 Å². The van der Waals surface area contributed by atoms with E-state index in [9.17, 15) is 14.4 Å². The molecule has 0 saturated carbocycles. The summed E-state index contributed by atoms with van der Waals surface area (Å²) in [4.78, 5) is 42.8. The number of hydrogen-bond donors (Lipinski definition) is 4. The van der Waals surface area contributed by atoms with Crippen molar-refractivity contribution in [3.05, 3.63) is 76.1 Å². The van der Waals surface area contributed by atoms with Crippen LogP contribution in [0.1, 0.15) is 44.4 Å². The molecule has 10 nitrogen and oxygen atoms in total. The predicted octanol–water partition coefficient (Wildman–Crippen LogP) is 5.42. The second kappa shape index (κ2) is 12.7. The number of rotatable bonds is 9. The third-order valence-corrected chi connectivity index (χ3v) is 8.03. The van der Waals surface area contributed by atoms with E-state index in [1.807, 2.05) is 56.4 Å². The molecule has 0 unspecified atom stereocenters. The number of methoxy groups -OCH3 is 3. The summed E-state index contributed by atoms with van der Waals surface area (Å²) in [6.07, 6.45) is 2.97. The van der Waals surface area contributed by atoms with Crippen LogP contribution < -0.4 is 35.6 Å². The average molecular weight is 599 g/mol. The SMILES string of the molecule is COc1cc2c(c(OC)c1OC)-c1ccc(N[C@H](C(=O)Nc3cccc4[nH]ccc34)C(C)C)c(=O)cc1[C@@H](NC(C)=O)CC2. The topological polar surface area (TPSA) is 131 Å². The molecule has 5 rings (SSSR count). The van der Waals surface area contributed by atoms with Crippen LogP contribution in [0.2, 0.25) is 0 Å². The van der Waals surface area contributed by atoms with Crippen molar-refractivity contribution in [2.45, 2.75) is 45.7 Å². The van der Waals surface area contributed by atoms with E-state index >= 15 is 0 Å². The molecule has 4 N–H and O–H groups in total. The quantitative estimate of drug-likeness (QED) is 0.202. The van der Waals surface area contributed by atoms with Gasteiger partial charge in [0.05, 0.1) is 38.7 Å². The number of benzene rings is 2. The second-order valence-corrected chi connectivity index (χ2v) is 11.2. The molecule has 2 amide bonds. The van der Waals surface area contributed by atoms with Crippen LogP contribution in [0.3, 0.4) is 0 Å². The van der Waals surface area contributed by atoms with Crippen LogP contribution in [0.4, 0.5) is 11.4 Å². The van der Waals surface area contributed by atoms with E-state index in [0.29, 0.717) is 46.9 Å². The van der Waals surface area contributed by atoms with Gasteiger partial charge in [-0.3, -0.25) is 14.4 Å². The zero-order valence-electron chi connectivity index (χ0n) is 25.8. The van der Waals surface area contributed by atoms with Crippen LogP contribution in [0.5, 0.6) is 17.2 Å². The minimum Gasteiger partial charge on any atom is -0.493 e. The van der Waals surface area contributed by atoms with Crippen LogP contribution >= 0.6 is 0 Å². The number of carbonyl (C=O) groups excluding carboxylic acids is 2. The first-order valence-electron chi connectivity index (χ1n) is 14.6. The highest BCUT2D eigenvalue weighted by Crippen LogP contribution is 2.50. The van der Waals surface area contributed by atoms with Crippen molar-refractivity contribution in [1.29, 1.82) is 0 Å². The number of carbonyl (C=O) groups is 2. The van der Waals surface area contributed by atoms with Gasteiger partial charge in [0, 0.05) is 29.6 Å². The Balaban J connectivity index is 1.61. The molecule has 1 aliphatic carbocycles. The van der Waals surface area contributed by atoms with E-state index in [0.717, 1.165) is 22.0 Å². The number of fused-ring (bicyclic) bond motifs is 4. The van der Waals surface area contributed by atoms with Gasteiger partial charge in [0.15, 0.2) is 11.5 Å². The van der Waals surface area contributed by atoms with E-state index < -0.39 is 12.1 Å². The number of aryl methyl sites for hydroxylation is 1. The summed E-state index contributed by atoms with van der Waals surface area (Å²) in [5.41, 5.74) is 4.59. The second-order valence-electron chi connectivity index (χ2n) is 11.2. The van der Waals surface area contributed by atoms with Crippen LogP contribution in [-0.2, 0) is 16.0 Å². The van der Waals surface area contributed by atoms with E-state index in [-0.39, 0.29) is 28.8 Å². The largest absolute Gasteiger partial charge is 0.493 e. The Morgan fingerprint density at radius 1 is 0.955 bits per heavy atom. The van der Waals surface area contributed by atoms with Gasteiger partial charge in [-0.1, -0.05) is 26.0 Å². The lowest BCUT2D eigenvalue weighted by atomic mass is 9.95. The van der Waals surface area contributed by atoms with Gasteiger partial charge < -0.3 is 35.1 Å². The number of H-pyrrole nitrogens is 1. The molecule has 44 heavy (non-hydrogen) atoms. The Hall–Kier alpha value is -4.99. The maximum Gasteiger partial charge on any atom is 0.247 e. The summed E-state index contributed by atoms with van der Waals surface area (Å²) in [6.45, 7) is 5.30. The molecule has 1 aromatic heterocycles. The van der Waals surface area contributed by atoms with Crippen molar-refractivity contribution in [3.63, 3.8) is 0 Å². The first-order chi connectivity index (χ1) is 21.2. The van der Waals surface area contributed by atoms with Crippen molar-refractivity contribution in [2.24, 2.45) is 5.92 Å². The lowest BCUT2D eigenvalue weighted by molar-refractivity contribution is -0.120. The van der Waals surface area contributed by atoms with Gasteiger partial charge in [-0.05, 0) is 71.8 Å². The molecule has 1 heterocycles. The van der Waals surface area contributed by atoms with Crippen molar-refractivity contribution in [2.75, 3.05) is 32.0 Å². The molecule has 0 saturated heterocycles. The lowest BCUT2D eigenvalue weighted by Gasteiger charge is -2.22. The Morgan fingerprint density at radius 2 is 1.73 bits per heavy atom. The molecule has 230 valence electrons. The van der Waals surface area contributed by atoms with E-state index in [2.05, 4.69) is 20.9 Å². The van der Waals surface area contributed by atoms with Crippen LogP contribution in [0.25, 0.3) is 22.0 Å². The van der Waals surface area contributed by atoms with Crippen molar-refractivity contribution in [3.8, 4) is 28.4 Å². The first-order valence-corrected chi connectivity index (χ1v) is 14.6. The van der Waals surface area contributed by atoms with Gasteiger partial charge in [-0.25, -0.2) is 0 Å². The zero-order valence-corrected chi connectivity index (χ0v) is 25.8. The normalized spacial score (nSPS) is 14.6. The fraction of sp³-hybridized carbons (Fsp3) is 0.324. The van der Waals surface area contributed by atoms with Crippen LogP contribution in [-0.4, -0.2) is 44.2 Å². The Bertz CT molecular complexity index is 1780. The molecule has 0 aliphatic heterocycles. The van der Waals surface area contributed by atoms with Gasteiger partial charge >= 0.3 is 0 Å². The monoisotopic (exact) mass is 598 g/mol. The molecule has 0 spiro atoms. The minimum atomic E-state index is -0.712. The molecule has 0 fully saturated rings. The molecule has 0 bridgehead atoms. The van der Waals surface area contributed by atoms with Crippen LogP contribution in [0, 0.1) is 5.92 Å². The lowest BCUT2D eigenvalue weighted by Crippen LogP contribution is -2.40. The average Bonchev–Trinajstić information content (AvgIpc) is 3.37. The highest BCUT2D eigenvalue weighted by molar-refractivity contribution is 6.04. The summed E-state index contributed by atoms with van der Waals surface area (Å²) in [6, 6.07) is 13.4. The van der Waals surface area contributed by atoms with Gasteiger partial charge in [0.25, 0.3) is 0 Å². The predicted molar refractivity (Wildman–Crippen MR) is 172 cm³/mol. The van der Waals surface area contributed by atoms with Gasteiger partial charge in [-0.2, -0.15) is 0 Å². The summed E-state index contributed by atoms with van der Waals surface area (Å²) in [5.74, 6) is 0.808. The van der Waals surface area contributed by atoms with Crippen LogP contribution in [0.15, 0.2) is 59.5 Å². The number of anilines is 2. The summed E-state index contributed by atoms with van der Waals surface area (Å²) >= 11 is 0. The number of hydrogen-bond acceptors (Lipinski definition) is 7. The maximum absolute atomic E-state index is 13.8. The number of ether oxygens (including phenoxy) is 3. The summed E-state index contributed by atoms with van der Waals surface area (Å²) in [5, 5.41) is 10.2. The number of aromatic amines is 1. The molecule has 1 aliphatic rings. The first kappa shape index (κ1) is 30.5. The maximum atomic E-state index is 13.8. The molecule has 0 radical (unpaired) electrons. The Labute approximate surface area is 256 Å². The smallest absolute Gasteiger partial charge is 0.247 e. The summed E-state index contributed by atoms with van der Waals surface area (Å²) < 4.78 is 17.1. The van der Waals surface area contributed by atoms with Crippen molar-refractivity contribution in [1.82, 2.24) is 10.3 Å². The zero-order chi connectivity index (χ0) is 31.5. The number of nitrogens with one attached hydrogen (secondary N) is 4. The third-order valence-electron chi connectivity index (χ3n) is 8.03. The highest BCUT2D eigenvalue weighted by Gasteiger charge is 2.30. The van der Waals surface area contributed by atoms with Gasteiger partial charge in [0.1, 0.15) is 6.04 Å². The molecule has 2 atom stereocenters. The Morgan fingerprint density at radius 3 is 2.41 bits per heavy atom. The fourth-order valence-electron chi connectivity index (χ4n) is 5.93. The van der Waals surface area contributed by atoms with Gasteiger partial charge in [0.2, 0.25) is 23.0 Å². The number of amides is 2. The molecule has 4 aromatic rings.